The van der Waals surface area contributed by atoms with Gasteiger partial charge < -0.3 is 4.74 Å². The summed E-state index contributed by atoms with van der Waals surface area (Å²) in [6.45, 7) is 5.23. The molecule has 1 unspecified atom stereocenters. The fraction of sp³-hybridized carbons (Fsp3) is 0.200. The van der Waals surface area contributed by atoms with Crippen LogP contribution in [0.25, 0.3) is 5.82 Å². The van der Waals surface area contributed by atoms with Crippen molar-refractivity contribution in [1.29, 1.82) is 0 Å². The molecular weight excluding hydrogens is 401 g/mol. The molecule has 28 heavy (non-hydrogen) atoms. The molecule has 2 heterocycles. The average Bonchev–Trinajstić information content (AvgIpc) is 3.00. The van der Waals surface area contributed by atoms with Crippen LogP contribution in [0.2, 0.25) is 10.0 Å². The number of aryl methyl sites for hydroxylation is 2. The lowest BCUT2D eigenvalue weighted by molar-refractivity contribution is 0.0313. The van der Waals surface area contributed by atoms with Gasteiger partial charge in [0.25, 0.3) is 0 Å². The highest BCUT2D eigenvalue weighted by Crippen LogP contribution is 2.20. The largest absolute Gasteiger partial charge is 0.449 e. The van der Waals surface area contributed by atoms with Crippen molar-refractivity contribution in [1.82, 2.24) is 14.8 Å². The Kier molecular flexibility index (Phi) is 5.82. The molecule has 0 fully saturated rings. The Labute approximate surface area is 172 Å². The molecule has 2 aromatic heterocycles. The maximum Gasteiger partial charge on any atom is 0.359 e. The number of aromatic nitrogens is 3. The van der Waals surface area contributed by atoms with Gasteiger partial charge in [0, 0.05) is 16.3 Å². The fourth-order valence-corrected chi connectivity index (χ4v) is 2.98. The predicted molar refractivity (Wildman–Crippen MR) is 107 cm³/mol. The summed E-state index contributed by atoms with van der Waals surface area (Å²) in [7, 11) is 0. The molecule has 0 spiro atoms. The Morgan fingerprint density at radius 1 is 1.07 bits per heavy atom. The van der Waals surface area contributed by atoms with Crippen molar-refractivity contribution < 1.29 is 14.3 Å². The first-order valence-corrected chi connectivity index (χ1v) is 9.23. The number of carbonyl (C=O) groups is 2. The van der Waals surface area contributed by atoms with Crippen molar-refractivity contribution >= 4 is 35.0 Å². The summed E-state index contributed by atoms with van der Waals surface area (Å²) in [5.41, 5.74) is 1.99. The minimum Gasteiger partial charge on any atom is -0.449 e. The van der Waals surface area contributed by atoms with Gasteiger partial charge in [0.2, 0.25) is 5.78 Å². The molecule has 0 aliphatic rings. The number of rotatable bonds is 5. The van der Waals surface area contributed by atoms with Crippen LogP contribution in [-0.4, -0.2) is 32.6 Å². The van der Waals surface area contributed by atoms with Crippen LogP contribution in [0.1, 0.15) is 39.2 Å². The highest BCUT2D eigenvalue weighted by atomic mass is 35.5. The van der Waals surface area contributed by atoms with E-state index in [-0.39, 0.29) is 16.5 Å². The first-order valence-electron chi connectivity index (χ1n) is 8.47. The van der Waals surface area contributed by atoms with E-state index in [1.807, 2.05) is 19.9 Å². The minimum atomic E-state index is -1.01. The van der Waals surface area contributed by atoms with Gasteiger partial charge in [0.15, 0.2) is 17.6 Å². The SMILES string of the molecule is Cc1cc(C)n(-c2ccc(Cl)c(C(=O)OC(C)C(=O)c3ccc(Cl)cc3)n2)n1. The van der Waals surface area contributed by atoms with Crippen molar-refractivity contribution in [3.05, 3.63) is 75.2 Å². The summed E-state index contributed by atoms with van der Waals surface area (Å²) in [5.74, 6) is -0.710. The summed E-state index contributed by atoms with van der Waals surface area (Å²) in [6, 6.07) is 11.4. The molecule has 0 aliphatic heterocycles. The zero-order valence-electron chi connectivity index (χ0n) is 15.4. The standard InChI is InChI=1S/C20H17Cl2N3O3/c1-11-10-12(2)25(24-11)17-9-8-16(22)18(23-17)20(27)28-13(3)19(26)14-4-6-15(21)7-5-14/h4-10,13H,1-3H3. The monoisotopic (exact) mass is 417 g/mol. The Bertz CT molecular complexity index is 1050. The molecule has 1 atom stereocenters. The third-order valence-corrected chi connectivity index (χ3v) is 4.59. The van der Waals surface area contributed by atoms with Crippen molar-refractivity contribution in [2.24, 2.45) is 0 Å². The van der Waals surface area contributed by atoms with Crippen LogP contribution in [0.4, 0.5) is 0 Å². The number of esters is 1. The second-order valence-corrected chi connectivity index (χ2v) is 7.10. The quantitative estimate of drug-likeness (QED) is 0.447. The number of carbonyl (C=O) groups excluding carboxylic acids is 2. The van der Waals surface area contributed by atoms with Gasteiger partial charge in [-0.15, -0.1) is 0 Å². The molecule has 0 saturated carbocycles. The van der Waals surface area contributed by atoms with Crippen molar-refractivity contribution in [3.63, 3.8) is 0 Å². The van der Waals surface area contributed by atoms with Gasteiger partial charge in [0.05, 0.1) is 10.7 Å². The molecule has 0 amide bonds. The van der Waals surface area contributed by atoms with Gasteiger partial charge in [-0.2, -0.15) is 5.10 Å². The van der Waals surface area contributed by atoms with Crippen LogP contribution in [0, 0.1) is 13.8 Å². The molecule has 3 rings (SSSR count). The third kappa shape index (κ3) is 4.24. The van der Waals surface area contributed by atoms with E-state index >= 15 is 0 Å². The number of hydrogen-bond acceptors (Lipinski definition) is 5. The molecule has 144 valence electrons. The van der Waals surface area contributed by atoms with E-state index in [9.17, 15) is 9.59 Å². The van der Waals surface area contributed by atoms with Crippen LogP contribution in [0.5, 0.6) is 0 Å². The number of halogens is 2. The molecule has 0 saturated heterocycles. The minimum absolute atomic E-state index is 0.0810. The second-order valence-electron chi connectivity index (χ2n) is 6.26. The van der Waals surface area contributed by atoms with Crippen molar-refractivity contribution in [2.75, 3.05) is 0 Å². The highest BCUT2D eigenvalue weighted by Gasteiger charge is 2.23. The molecule has 0 N–H and O–H groups in total. The molecule has 6 nitrogen and oxygen atoms in total. The highest BCUT2D eigenvalue weighted by molar-refractivity contribution is 6.33. The summed E-state index contributed by atoms with van der Waals surface area (Å²) in [4.78, 5) is 29.3. The Morgan fingerprint density at radius 3 is 2.36 bits per heavy atom. The summed E-state index contributed by atoms with van der Waals surface area (Å²) < 4.78 is 6.89. The van der Waals surface area contributed by atoms with Crippen LogP contribution >= 0.6 is 23.2 Å². The Hall–Kier alpha value is -2.70. The summed E-state index contributed by atoms with van der Waals surface area (Å²) >= 11 is 12.0. The van der Waals surface area contributed by atoms with E-state index < -0.39 is 12.1 Å². The van der Waals surface area contributed by atoms with Crippen molar-refractivity contribution in [3.8, 4) is 5.82 Å². The third-order valence-electron chi connectivity index (χ3n) is 4.03. The number of nitrogens with zero attached hydrogens (tertiary/aromatic N) is 3. The van der Waals surface area contributed by atoms with Gasteiger partial charge >= 0.3 is 5.97 Å². The summed E-state index contributed by atoms with van der Waals surface area (Å²) in [6.07, 6.45) is -1.01. The fourth-order valence-electron chi connectivity index (χ4n) is 2.67. The second kappa shape index (κ2) is 8.12. The molecule has 0 aliphatic carbocycles. The predicted octanol–water partition coefficient (Wildman–Crippen LogP) is 4.62. The number of ketones is 1. The number of ether oxygens (including phenoxy) is 1. The van der Waals surface area contributed by atoms with Crippen molar-refractivity contribution in [2.45, 2.75) is 26.9 Å². The van der Waals surface area contributed by atoms with E-state index in [4.69, 9.17) is 27.9 Å². The first-order chi connectivity index (χ1) is 13.3. The van der Waals surface area contributed by atoms with E-state index in [0.717, 1.165) is 11.4 Å². The van der Waals surface area contributed by atoms with Gasteiger partial charge in [-0.1, -0.05) is 23.2 Å². The zero-order valence-corrected chi connectivity index (χ0v) is 17.0. The molecule has 8 heteroatoms. The van der Waals surface area contributed by atoms with Gasteiger partial charge in [-0.3, -0.25) is 4.79 Å². The van der Waals surface area contributed by atoms with E-state index in [1.165, 1.54) is 6.92 Å². The van der Waals surface area contributed by atoms with E-state index in [2.05, 4.69) is 10.1 Å². The smallest absolute Gasteiger partial charge is 0.359 e. The lowest BCUT2D eigenvalue weighted by Crippen LogP contribution is -2.25. The van der Waals surface area contributed by atoms with E-state index in [1.54, 1.807) is 41.1 Å². The number of hydrogen-bond donors (Lipinski definition) is 0. The summed E-state index contributed by atoms with van der Waals surface area (Å²) in [5, 5.41) is 4.98. The lowest BCUT2D eigenvalue weighted by Gasteiger charge is -2.13. The molecular formula is C20H17Cl2N3O3. The molecule has 0 bridgehead atoms. The maximum atomic E-state index is 12.6. The van der Waals surface area contributed by atoms with Crippen LogP contribution in [0.3, 0.4) is 0 Å². The Balaban J connectivity index is 1.82. The first kappa shape index (κ1) is 20.0. The molecule has 0 radical (unpaired) electrons. The van der Waals surface area contributed by atoms with Crippen LogP contribution < -0.4 is 0 Å². The number of Topliss-reactive ketones (excluding diaryl/α,β-unsaturated/α-hetero) is 1. The van der Waals surface area contributed by atoms with Crippen LogP contribution in [0.15, 0.2) is 42.5 Å². The number of benzene rings is 1. The van der Waals surface area contributed by atoms with Gasteiger partial charge in [-0.05, 0) is 63.2 Å². The molecule has 3 aromatic rings. The van der Waals surface area contributed by atoms with E-state index in [0.29, 0.717) is 16.4 Å². The lowest BCUT2D eigenvalue weighted by atomic mass is 10.1. The number of pyridine rings is 1. The normalized spacial score (nSPS) is 11.9. The van der Waals surface area contributed by atoms with Gasteiger partial charge in [-0.25, -0.2) is 14.5 Å². The molecule has 1 aromatic carbocycles. The maximum absolute atomic E-state index is 12.6. The average molecular weight is 418 g/mol. The Morgan fingerprint density at radius 2 is 1.75 bits per heavy atom. The van der Waals surface area contributed by atoms with Gasteiger partial charge in [0.1, 0.15) is 0 Å². The zero-order chi connectivity index (χ0) is 20.4. The van der Waals surface area contributed by atoms with Crippen LogP contribution in [-0.2, 0) is 4.74 Å². The topological polar surface area (TPSA) is 74.1 Å².